The number of methoxy groups -OCH3 is 2. The number of hydrogen-bond donors (Lipinski definition) is 2. The second-order valence-corrected chi connectivity index (χ2v) is 6.76. The Morgan fingerprint density at radius 2 is 2.13 bits per heavy atom. The molecule has 7 nitrogen and oxygen atoms in total. The molecule has 1 aromatic rings. The maximum atomic E-state index is 12.4. The van der Waals surface area contributed by atoms with E-state index in [2.05, 4.69) is 14.8 Å². The topological polar surface area (TPSA) is 93.7 Å². The Bertz CT molecular complexity index is 713. The summed E-state index contributed by atoms with van der Waals surface area (Å²) in [6.07, 6.45) is 2.79. The van der Waals surface area contributed by atoms with Crippen LogP contribution < -0.4 is 14.8 Å². The van der Waals surface area contributed by atoms with Gasteiger partial charge in [-0.3, -0.25) is 0 Å². The fourth-order valence-corrected chi connectivity index (χ4v) is 3.27. The minimum Gasteiger partial charge on any atom is -0.496 e. The molecule has 0 saturated heterocycles. The third-order valence-corrected chi connectivity index (χ3v) is 4.93. The highest BCUT2D eigenvalue weighted by Gasteiger charge is 2.20. The van der Waals surface area contributed by atoms with Crippen LogP contribution in [0.4, 0.5) is 0 Å². The zero-order valence-electron chi connectivity index (χ0n) is 13.1. The molecule has 1 aliphatic rings. The predicted molar refractivity (Wildman–Crippen MR) is 85.1 cm³/mol. The van der Waals surface area contributed by atoms with Crippen LogP contribution in [-0.2, 0) is 14.8 Å². The maximum Gasteiger partial charge on any atom is 0.341 e. The number of rotatable bonds is 6. The standard InChI is InChI=1S/C15H20N2O5S/c1-21-14-9-12(3-4-13(14)15(18)22-2)23(19,20)17-10-11-5-7-16-8-6-11/h3-5,9,16-17H,6-8,10H2,1-2H3. The van der Waals surface area contributed by atoms with Crippen LogP contribution in [0.3, 0.4) is 0 Å². The zero-order valence-corrected chi connectivity index (χ0v) is 13.9. The fraction of sp³-hybridized carbons (Fsp3) is 0.400. The molecule has 0 saturated carbocycles. The Morgan fingerprint density at radius 1 is 1.35 bits per heavy atom. The molecule has 0 bridgehead atoms. The molecule has 23 heavy (non-hydrogen) atoms. The summed E-state index contributed by atoms with van der Waals surface area (Å²) in [4.78, 5) is 11.6. The van der Waals surface area contributed by atoms with E-state index in [-0.39, 0.29) is 22.8 Å². The van der Waals surface area contributed by atoms with Gasteiger partial charge in [0.25, 0.3) is 0 Å². The largest absolute Gasteiger partial charge is 0.496 e. The number of esters is 1. The molecule has 0 aliphatic carbocycles. The van der Waals surface area contributed by atoms with Crippen LogP contribution in [0.2, 0.25) is 0 Å². The van der Waals surface area contributed by atoms with Crippen LogP contribution in [0.25, 0.3) is 0 Å². The number of ether oxygens (including phenoxy) is 2. The van der Waals surface area contributed by atoms with E-state index in [9.17, 15) is 13.2 Å². The summed E-state index contributed by atoms with van der Waals surface area (Å²) >= 11 is 0. The van der Waals surface area contributed by atoms with Crippen LogP contribution >= 0.6 is 0 Å². The van der Waals surface area contributed by atoms with E-state index in [1.54, 1.807) is 0 Å². The van der Waals surface area contributed by atoms with Crippen molar-refractivity contribution in [2.45, 2.75) is 11.3 Å². The Balaban J connectivity index is 2.18. The Kier molecular flexibility index (Phi) is 5.75. The third-order valence-electron chi connectivity index (χ3n) is 3.54. The Morgan fingerprint density at radius 3 is 2.74 bits per heavy atom. The van der Waals surface area contributed by atoms with Gasteiger partial charge in [-0.25, -0.2) is 17.9 Å². The predicted octanol–water partition coefficient (Wildman–Crippen LogP) is 0.680. The molecule has 0 spiro atoms. The lowest BCUT2D eigenvalue weighted by Crippen LogP contribution is -2.29. The fourth-order valence-electron chi connectivity index (χ4n) is 2.22. The van der Waals surface area contributed by atoms with Gasteiger partial charge in [0.1, 0.15) is 11.3 Å². The van der Waals surface area contributed by atoms with Crippen molar-refractivity contribution in [2.24, 2.45) is 0 Å². The van der Waals surface area contributed by atoms with Crippen LogP contribution in [0, 0.1) is 0 Å². The van der Waals surface area contributed by atoms with Gasteiger partial charge in [-0.1, -0.05) is 11.6 Å². The van der Waals surface area contributed by atoms with Crippen molar-refractivity contribution < 1.29 is 22.7 Å². The number of hydrogen-bond acceptors (Lipinski definition) is 6. The first-order valence-electron chi connectivity index (χ1n) is 7.12. The molecule has 1 heterocycles. The molecule has 0 radical (unpaired) electrons. The van der Waals surface area contributed by atoms with E-state index in [0.717, 1.165) is 25.1 Å². The number of benzene rings is 1. The minimum atomic E-state index is -3.68. The van der Waals surface area contributed by atoms with Gasteiger partial charge in [0.15, 0.2) is 0 Å². The van der Waals surface area contributed by atoms with Gasteiger partial charge in [0.2, 0.25) is 10.0 Å². The average Bonchev–Trinajstić information content (AvgIpc) is 2.59. The summed E-state index contributed by atoms with van der Waals surface area (Å²) in [5, 5.41) is 3.17. The smallest absolute Gasteiger partial charge is 0.341 e. The molecule has 0 atom stereocenters. The Hall–Kier alpha value is -1.90. The normalized spacial score (nSPS) is 15.0. The van der Waals surface area contributed by atoms with Crippen LogP contribution in [0.1, 0.15) is 16.8 Å². The van der Waals surface area contributed by atoms with Gasteiger partial charge in [-0.2, -0.15) is 0 Å². The van der Waals surface area contributed by atoms with Gasteiger partial charge in [-0.15, -0.1) is 0 Å². The van der Waals surface area contributed by atoms with Crippen molar-refractivity contribution in [2.75, 3.05) is 33.9 Å². The van der Waals surface area contributed by atoms with Crippen molar-refractivity contribution in [3.05, 3.63) is 35.4 Å². The molecule has 2 N–H and O–H groups in total. The first-order valence-corrected chi connectivity index (χ1v) is 8.61. The number of nitrogens with one attached hydrogen (secondary N) is 2. The van der Waals surface area contributed by atoms with Gasteiger partial charge in [0, 0.05) is 19.2 Å². The Labute approximate surface area is 135 Å². The summed E-state index contributed by atoms with van der Waals surface area (Å²) < 4.78 is 37.0. The summed E-state index contributed by atoms with van der Waals surface area (Å²) in [6, 6.07) is 4.04. The molecule has 126 valence electrons. The second-order valence-electron chi connectivity index (χ2n) is 4.99. The molecule has 8 heteroatoms. The van der Waals surface area contributed by atoms with E-state index in [4.69, 9.17) is 4.74 Å². The zero-order chi connectivity index (χ0) is 16.9. The number of sulfonamides is 1. The summed E-state index contributed by atoms with van der Waals surface area (Å²) in [5.41, 5.74) is 1.22. The molecule has 0 fully saturated rings. The van der Waals surface area contributed by atoms with Gasteiger partial charge in [0.05, 0.1) is 19.1 Å². The van der Waals surface area contributed by atoms with Crippen molar-refractivity contribution in [1.29, 1.82) is 0 Å². The lowest BCUT2D eigenvalue weighted by Gasteiger charge is -2.15. The molecule has 0 unspecified atom stereocenters. The highest BCUT2D eigenvalue weighted by molar-refractivity contribution is 7.89. The molecule has 2 rings (SSSR count). The van der Waals surface area contributed by atoms with Gasteiger partial charge >= 0.3 is 5.97 Å². The highest BCUT2D eigenvalue weighted by Crippen LogP contribution is 2.23. The lowest BCUT2D eigenvalue weighted by atomic mass is 10.1. The first-order chi connectivity index (χ1) is 11.0. The summed E-state index contributed by atoms with van der Waals surface area (Å²) in [6.45, 7) is 1.86. The van der Waals surface area contributed by atoms with Crippen LogP contribution in [0.5, 0.6) is 5.75 Å². The first kappa shape index (κ1) is 17.5. The highest BCUT2D eigenvalue weighted by atomic mass is 32.2. The van der Waals surface area contributed by atoms with E-state index in [0.29, 0.717) is 0 Å². The average molecular weight is 340 g/mol. The number of carbonyl (C=O) groups excluding carboxylic acids is 1. The molecule has 1 aliphatic heterocycles. The molecular weight excluding hydrogens is 320 g/mol. The van der Waals surface area contributed by atoms with Crippen molar-refractivity contribution in [1.82, 2.24) is 10.0 Å². The quantitative estimate of drug-likeness (QED) is 0.584. The van der Waals surface area contributed by atoms with E-state index >= 15 is 0 Å². The SMILES string of the molecule is COC(=O)c1ccc(S(=O)(=O)NCC2=CCNCC2)cc1OC. The van der Waals surface area contributed by atoms with E-state index < -0.39 is 16.0 Å². The second kappa shape index (κ2) is 7.58. The molecule has 0 aromatic heterocycles. The molecule has 0 amide bonds. The molecular formula is C15H20N2O5S. The van der Waals surface area contributed by atoms with Crippen LogP contribution in [0.15, 0.2) is 34.7 Å². The van der Waals surface area contributed by atoms with Gasteiger partial charge < -0.3 is 14.8 Å². The maximum absolute atomic E-state index is 12.4. The summed E-state index contributed by atoms with van der Waals surface area (Å²) in [7, 11) is -1.07. The minimum absolute atomic E-state index is 0.0385. The van der Waals surface area contributed by atoms with E-state index in [1.165, 1.54) is 32.4 Å². The molecule has 1 aromatic carbocycles. The van der Waals surface area contributed by atoms with Gasteiger partial charge in [-0.05, 0) is 25.1 Å². The lowest BCUT2D eigenvalue weighted by molar-refractivity contribution is 0.0597. The third kappa shape index (κ3) is 4.31. The summed E-state index contributed by atoms with van der Waals surface area (Å²) in [5.74, 6) is -0.431. The van der Waals surface area contributed by atoms with Crippen LogP contribution in [-0.4, -0.2) is 48.2 Å². The van der Waals surface area contributed by atoms with Crippen molar-refractivity contribution in [3.63, 3.8) is 0 Å². The monoisotopic (exact) mass is 340 g/mol. The number of carbonyl (C=O) groups is 1. The van der Waals surface area contributed by atoms with Crippen molar-refractivity contribution >= 4 is 16.0 Å². The van der Waals surface area contributed by atoms with Crippen molar-refractivity contribution in [3.8, 4) is 5.75 Å². The van der Waals surface area contributed by atoms with E-state index in [1.807, 2.05) is 6.08 Å².